The fourth-order valence-electron chi connectivity index (χ4n) is 3.98. The molecule has 0 unspecified atom stereocenters. The number of pyridine rings is 1. The number of morpholine rings is 1. The maximum atomic E-state index is 12.6. The van der Waals surface area contributed by atoms with Crippen molar-refractivity contribution in [3.8, 4) is 0 Å². The predicted molar refractivity (Wildman–Crippen MR) is 106 cm³/mol. The first-order chi connectivity index (χ1) is 13.7. The maximum Gasteiger partial charge on any atom is 0.253 e. The number of anilines is 1. The zero-order chi connectivity index (χ0) is 19.4. The summed E-state index contributed by atoms with van der Waals surface area (Å²) < 4.78 is 5.99. The Morgan fingerprint density at radius 2 is 1.89 bits per heavy atom. The van der Waals surface area contributed by atoms with E-state index in [1.807, 2.05) is 58.5 Å². The number of ether oxygens (including phenoxy) is 1. The molecule has 2 aromatic rings. The van der Waals surface area contributed by atoms with Gasteiger partial charge < -0.3 is 14.5 Å². The molecule has 0 N–H and O–H groups in total. The molecule has 6 nitrogen and oxygen atoms in total. The van der Waals surface area contributed by atoms with E-state index in [0.717, 1.165) is 24.1 Å². The lowest BCUT2D eigenvalue weighted by molar-refractivity contribution is -0.150. The number of hydrogen-bond donors (Lipinski definition) is 0. The second-order valence-electron chi connectivity index (χ2n) is 7.53. The van der Waals surface area contributed by atoms with Gasteiger partial charge in [0.15, 0.2) is 0 Å². The molecule has 2 amide bonds. The van der Waals surface area contributed by atoms with Crippen LogP contribution in [0, 0.1) is 0 Å². The minimum atomic E-state index is -0.357. The number of carbonyl (C=O) groups is 2. The standard InChI is InChI=1S/C22H25N3O3/c26-20(9-8-18-5-4-12-23-15-18)24-13-10-22(11-14-24)17-25(21(27)16-28-22)19-6-2-1-3-7-19/h1-7,12,15H,8-11,13-14,16-17H2. The van der Waals surface area contributed by atoms with Crippen molar-refractivity contribution in [3.05, 3.63) is 60.4 Å². The number of benzene rings is 1. The SMILES string of the molecule is O=C(CCc1cccnc1)N1CCC2(CC1)CN(c1ccccc1)C(=O)CO2. The topological polar surface area (TPSA) is 62.7 Å². The highest BCUT2D eigenvalue weighted by atomic mass is 16.5. The molecule has 2 aliphatic rings. The van der Waals surface area contributed by atoms with Gasteiger partial charge in [-0.2, -0.15) is 0 Å². The van der Waals surface area contributed by atoms with Gasteiger partial charge in [0.25, 0.3) is 5.91 Å². The van der Waals surface area contributed by atoms with Crippen LogP contribution in [-0.4, -0.2) is 53.5 Å². The first kappa shape index (κ1) is 18.6. The molecular weight excluding hydrogens is 354 g/mol. The summed E-state index contributed by atoms with van der Waals surface area (Å²) in [7, 11) is 0. The number of carbonyl (C=O) groups excluding carboxylic acids is 2. The molecule has 3 heterocycles. The van der Waals surface area contributed by atoms with Gasteiger partial charge in [-0.05, 0) is 43.0 Å². The van der Waals surface area contributed by atoms with Gasteiger partial charge in [0.05, 0.1) is 12.1 Å². The quantitative estimate of drug-likeness (QED) is 0.819. The number of nitrogens with zero attached hydrogens (tertiary/aromatic N) is 3. The van der Waals surface area contributed by atoms with E-state index in [4.69, 9.17) is 4.74 Å². The molecule has 1 aromatic heterocycles. The van der Waals surface area contributed by atoms with Gasteiger partial charge >= 0.3 is 0 Å². The van der Waals surface area contributed by atoms with Gasteiger partial charge in [-0.25, -0.2) is 0 Å². The maximum absolute atomic E-state index is 12.6. The Balaban J connectivity index is 1.34. The van der Waals surface area contributed by atoms with E-state index < -0.39 is 0 Å². The van der Waals surface area contributed by atoms with E-state index in [9.17, 15) is 9.59 Å². The van der Waals surface area contributed by atoms with E-state index in [-0.39, 0.29) is 24.0 Å². The Morgan fingerprint density at radius 1 is 1.11 bits per heavy atom. The molecule has 1 spiro atoms. The third-order valence-corrected chi connectivity index (χ3v) is 5.69. The molecule has 0 atom stereocenters. The number of likely N-dealkylation sites (tertiary alicyclic amines) is 1. The second-order valence-corrected chi connectivity index (χ2v) is 7.53. The highest BCUT2D eigenvalue weighted by Gasteiger charge is 2.43. The molecule has 28 heavy (non-hydrogen) atoms. The fraction of sp³-hybridized carbons (Fsp3) is 0.409. The number of hydrogen-bond acceptors (Lipinski definition) is 4. The second kappa shape index (κ2) is 8.10. The van der Waals surface area contributed by atoms with Gasteiger partial charge in [0.2, 0.25) is 5.91 Å². The van der Waals surface area contributed by atoms with Crippen molar-refractivity contribution in [2.75, 3.05) is 31.1 Å². The van der Waals surface area contributed by atoms with Crippen LogP contribution in [0.25, 0.3) is 0 Å². The molecule has 6 heteroatoms. The van der Waals surface area contributed by atoms with Crippen LogP contribution in [0.4, 0.5) is 5.69 Å². The molecule has 0 saturated carbocycles. The summed E-state index contributed by atoms with van der Waals surface area (Å²) in [4.78, 5) is 32.8. The van der Waals surface area contributed by atoms with Gasteiger partial charge in [0, 0.05) is 37.6 Å². The predicted octanol–water partition coefficient (Wildman–Crippen LogP) is 2.44. The Bertz CT molecular complexity index is 817. The molecule has 4 rings (SSSR count). The van der Waals surface area contributed by atoms with E-state index in [2.05, 4.69) is 4.98 Å². The minimum absolute atomic E-state index is 0.00759. The third kappa shape index (κ3) is 4.07. The van der Waals surface area contributed by atoms with Crippen LogP contribution >= 0.6 is 0 Å². The number of aryl methyl sites for hydroxylation is 1. The molecule has 0 bridgehead atoms. The lowest BCUT2D eigenvalue weighted by atomic mass is 9.88. The zero-order valence-electron chi connectivity index (χ0n) is 15.9. The molecule has 0 aliphatic carbocycles. The van der Waals surface area contributed by atoms with Crippen molar-refractivity contribution in [1.29, 1.82) is 0 Å². The summed E-state index contributed by atoms with van der Waals surface area (Å²) in [5.41, 5.74) is 1.63. The first-order valence-corrected chi connectivity index (χ1v) is 9.81. The van der Waals surface area contributed by atoms with Crippen molar-refractivity contribution < 1.29 is 14.3 Å². The number of piperidine rings is 1. The monoisotopic (exact) mass is 379 g/mol. The van der Waals surface area contributed by atoms with Gasteiger partial charge in [0.1, 0.15) is 6.61 Å². The number of aromatic nitrogens is 1. The van der Waals surface area contributed by atoms with Crippen LogP contribution in [0.5, 0.6) is 0 Å². The summed E-state index contributed by atoms with van der Waals surface area (Å²) in [5.74, 6) is 0.164. The molecule has 1 aromatic carbocycles. The summed E-state index contributed by atoms with van der Waals surface area (Å²) in [5, 5.41) is 0. The van der Waals surface area contributed by atoms with Gasteiger partial charge in [-0.15, -0.1) is 0 Å². The van der Waals surface area contributed by atoms with Crippen LogP contribution in [0.2, 0.25) is 0 Å². The van der Waals surface area contributed by atoms with Crippen molar-refractivity contribution in [2.24, 2.45) is 0 Å². The van der Waals surface area contributed by atoms with Gasteiger partial charge in [-0.1, -0.05) is 24.3 Å². The molecular formula is C22H25N3O3. The molecule has 2 fully saturated rings. The van der Waals surface area contributed by atoms with Crippen molar-refractivity contribution in [3.63, 3.8) is 0 Å². The highest BCUT2D eigenvalue weighted by Crippen LogP contribution is 2.33. The van der Waals surface area contributed by atoms with E-state index in [1.54, 1.807) is 6.20 Å². The Kier molecular flexibility index (Phi) is 5.39. The normalized spacial score (nSPS) is 19.1. The fourth-order valence-corrected chi connectivity index (χ4v) is 3.98. The summed E-state index contributed by atoms with van der Waals surface area (Å²) in [6, 6.07) is 13.6. The molecule has 0 radical (unpaired) electrons. The highest BCUT2D eigenvalue weighted by molar-refractivity contribution is 5.95. The number of rotatable bonds is 4. The smallest absolute Gasteiger partial charge is 0.253 e. The average molecular weight is 379 g/mol. The van der Waals surface area contributed by atoms with Crippen molar-refractivity contribution in [1.82, 2.24) is 9.88 Å². The first-order valence-electron chi connectivity index (χ1n) is 9.81. The van der Waals surface area contributed by atoms with Crippen molar-refractivity contribution >= 4 is 17.5 Å². The van der Waals surface area contributed by atoms with Crippen molar-refractivity contribution in [2.45, 2.75) is 31.3 Å². The molecule has 2 aliphatic heterocycles. The summed E-state index contributed by atoms with van der Waals surface area (Å²) >= 11 is 0. The van der Waals surface area contributed by atoms with Crippen LogP contribution in [0.15, 0.2) is 54.9 Å². The number of para-hydroxylation sites is 1. The van der Waals surface area contributed by atoms with E-state index in [1.165, 1.54) is 0 Å². The van der Waals surface area contributed by atoms with Crippen LogP contribution in [0.1, 0.15) is 24.8 Å². The van der Waals surface area contributed by atoms with E-state index >= 15 is 0 Å². The Morgan fingerprint density at radius 3 is 2.61 bits per heavy atom. The largest absolute Gasteiger partial charge is 0.363 e. The Hall–Kier alpha value is -2.73. The van der Waals surface area contributed by atoms with E-state index in [0.29, 0.717) is 32.5 Å². The van der Waals surface area contributed by atoms with Gasteiger partial charge in [-0.3, -0.25) is 14.6 Å². The average Bonchev–Trinajstić information content (AvgIpc) is 2.76. The zero-order valence-corrected chi connectivity index (χ0v) is 15.9. The Labute approximate surface area is 165 Å². The number of amides is 2. The molecule has 2 saturated heterocycles. The molecule has 146 valence electrons. The lowest BCUT2D eigenvalue weighted by Crippen LogP contribution is -2.59. The van der Waals surface area contributed by atoms with Crippen LogP contribution < -0.4 is 4.90 Å². The van der Waals surface area contributed by atoms with Crippen LogP contribution in [0.3, 0.4) is 0 Å². The summed E-state index contributed by atoms with van der Waals surface area (Å²) in [6.07, 6.45) is 6.26. The third-order valence-electron chi connectivity index (χ3n) is 5.69. The summed E-state index contributed by atoms with van der Waals surface area (Å²) in [6.45, 7) is 1.99. The minimum Gasteiger partial charge on any atom is -0.363 e. The van der Waals surface area contributed by atoms with Crippen LogP contribution in [-0.2, 0) is 20.7 Å². The lowest BCUT2D eigenvalue weighted by Gasteiger charge is -2.47.